The van der Waals surface area contributed by atoms with Gasteiger partial charge in [0.05, 0.1) is 0 Å². The number of rotatable bonds is 9. The van der Waals surface area contributed by atoms with Gasteiger partial charge in [-0.2, -0.15) is 0 Å². The highest BCUT2D eigenvalue weighted by atomic mass is 32.2. The SMILES string of the molecule is CCc1cc(N(C)C2CCCCC2)nc(SCc2cccc(C(=O)NCc3ccc4c(c3)OCO4)c2)n1. The molecular formula is C29H34N4O3S. The van der Waals surface area contributed by atoms with Gasteiger partial charge < -0.3 is 19.7 Å². The molecule has 2 aliphatic rings. The number of nitrogens with one attached hydrogen (secondary N) is 1. The van der Waals surface area contributed by atoms with Crippen LogP contribution in [0.4, 0.5) is 5.82 Å². The first-order valence-corrected chi connectivity index (χ1v) is 14.1. The van der Waals surface area contributed by atoms with Gasteiger partial charge in [-0.25, -0.2) is 9.97 Å². The summed E-state index contributed by atoms with van der Waals surface area (Å²) in [6.45, 7) is 2.79. The third-order valence-corrected chi connectivity index (χ3v) is 7.96. The number of ether oxygens (including phenoxy) is 2. The molecule has 5 rings (SSSR count). The third kappa shape index (κ3) is 6.36. The van der Waals surface area contributed by atoms with E-state index in [2.05, 4.69) is 30.3 Å². The first-order chi connectivity index (χ1) is 18.1. The van der Waals surface area contributed by atoms with E-state index in [4.69, 9.17) is 19.4 Å². The second-order valence-electron chi connectivity index (χ2n) is 9.62. The highest BCUT2D eigenvalue weighted by Gasteiger charge is 2.20. The predicted octanol–water partition coefficient (Wildman–Crippen LogP) is 5.76. The highest BCUT2D eigenvalue weighted by Crippen LogP contribution is 2.32. The number of carbonyl (C=O) groups excluding carboxylic acids is 1. The molecule has 2 aromatic carbocycles. The standard InChI is InChI=1S/C29H34N4O3S/c1-3-23-16-27(33(2)24-10-5-4-6-11-24)32-29(31-23)37-18-21-8-7-9-22(14-21)28(34)30-17-20-12-13-25-26(15-20)36-19-35-25/h7-9,12-16,24H,3-6,10-11,17-19H2,1-2H3,(H,30,34). The lowest BCUT2D eigenvalue weighted by Crippen LogP contribution is -2.34. The predicted molar refractivity (Wildman–Crippen MR) is 146 cm³/mol. The first-order valence-electron chi connectivity index (χ1n) is 13.1. The van der Waals surface area contributed by atoms with Gasteiger partial charge in [-0.3, -0.25) is 4.79 Å². The van der Waals surface area contributed by atoms with Crippen LogP contribution in [0, 0.1) is 0 Å². The van der Waals surface area contributed by atoms with Crippen LogP contribution in [0.2, 0.25) is 0 Å². The molecule has 3 aromatic rings. The normalized spacial score (nSPS) is 15.0. The maximum Gasteiger partial charge on any atom is 0.251 e. The van der Waals surface area contributed by atoms with Gasteiger partial charge in [0.15, 0.2) is 16.7 Å². The lowest BCUT2D eigenvalue weighted by molar-refractivity contribution is 0.0950. The van der Waals surface area contributed by atoms with E-state index in [9.17, 15) is 4.79 Å². The number of nitrogens with zero attached hydrogens (tertiary/aromatic N) is 3. The van der Waals surface area contributed by atoms with Gasteiger partial charge in [-0.1, -0.05) is 56.1 Å². The molecule has 0 atom stereocenters. The van der Waals surface area contributed by atoms with E-state index in [1.54, 1.807) is 11.8 Å². The number of aromatic nitrogens is 2. The van der Waals surface area contributed by atoms with Crippen molar-refractivity contribution in [2.75, 3.05) is 18.7 Å². The third-order valence-electron chi connectivity index (χ3n) is 7.04. The van der Waals surface area contributed by atoms with Gasteiger partial charge in [0.2, 0.25) is 6.79 Å². The fourth-order valence-corrected chi connectivity index (χ4v) is 5.64. The molecule has 0 spiro atoms. The van der Waals surface area contributed by atoms with E-state index in [1.807, 2.05) is 42.5 Å². The van der Waals surface area contributed by atoms with Crippen LogP contribution >= 0.6 is 11.8 Å². The largest absolute Gasteiger partial charge is 0.454 e. The molecule has 194 valence electrons. The van der Waals surface area contributed by atoms with Crippen molar-refractivity contribution >= 4 is 23.5 Å². The van der Waals surface area contributed by atoms with Gasteiger partial charge in [0.25, 0.3) is 5.91 Å². The molecule has 1 aromatic heterocycles. The summed E-state index contributed by atoms with van der Waals surface area (Å²) in [6, 6.07) is 16.1. The Kier molecular flexibility index (Phi) is 8.14. The number of amides is 1. The summed E-state index contributed by atoms with van der Waals surface area (Å²) in [7, 11) is 2.16. The van der Waals surface area contributed by atoms with Crippen molar-refractivity contribution in [2.24, 2.45) is 0 Å². The summed E-state index contributed by atoms with van der Waals surface area (Å²) < 4.78 is 10.8. The lowest BCUT2D eigenvalue weighted by Gasteiger charge is -2.32. The Bertz CT molecular complexity index is 1250. The molecule has 1 amide bonds. The molecule has 1 fully saturated rings. The summed E-state index contributed by atoms with van der Waals surface area (Å²) in [5, 5.41) is 3.79. The van der Waals surface area contributed by atoms with Crippen LogP contribution in [0.15, 0.2) is 53.7 Å². The maximum absolute atomic E-state index is 12.8. The number of aryl methyl sites for hydroxylation is 1. The van der Waals surface area contributed by atoms with Crippen LogP contribution in [0.5, 0.6) is 11.5 Å². The number of carbonyl (C=O) groups is 1. The van der Waals surface area contributed by atoms with Crippen molar-refractivity contribution < 1.29 is 14.3 Å². The maximum atomic E-state index is 12.8. The molecule has 0 saturated heterocycles. The lowest BCUT2D eigenvalue weighted by atomic mass is 9.94. The molecule has 8 heteroatoms. The minimum atomic E-state index is -0.106. The second kappa shape index (κ2) is 11.9. The topological polar surface area (TPSA) is 76.6 Å². The van der Waals surface area contributed by atoms with Crippen molar-refractivity contribution in [1.29, 1.82) is 0 Å². The average Bonchev–Trinajstić information content (AvgIpc) is 3.43. The zero-order valence-corrected chi connectivity index (χ0v) is 22.4. The molecule has 7 nitrogen and oxygen atoms in total. The Morgan fingerprint density at radius 3 is 2.70 bits per heavy atom. The fraction of sp³-hybridized carbons (Fsp3) is 0.414. The van der Waals surface area contributed by atoms with Crippen molar-refractivity contribution in [3.63, 3.8) is 0 Å². The number of hydrogen-bond acceptors (Lipinski definition) is 7. The average molecular weight is 519 g/mol. The minimum Gasteiger partial charge on any atom is -0.454 e. The quantitative estimate of drug-likeness (QED) is 0.285. The van der Waals surface area contributed by atoms with Gasteiger partial charge in [-0.05, 0) is 54.7 Å². The van der Waals surface area contributed by atoms with E-state index >= 15 is 0 Å². The number of benzene rings is 2. The molecule has 1 saturated carbocycles. The van der Waals surface area contributed by atoms with Crippen LogP contribution in [-0.2, 0) is 18.7 Å². The summed E-state index contributed by atoms with van der Waals surface area (Å²) in [5.74, 6) is 3.06. The van der Waals surface area contributed by atoms with E-state index in [-0.39, 0.29) is 12.7 Å². The summed E-state index contributed by atoms with van der Waals surface area (Å²) in [6.07, 6.45) is 7.26. The van der Waals surface area contributed by atoms with E-state index in [0.717, 1.165) is 40.0 Å². The summed E-state index contributed by atoms with van der Waals surface area (Å²) >= 11 is 1.62. The number of thioether (sulfide) groups is 1. The van der Waals surface area contributed by atoms with Gasteiger partial charge in [-0.15, -0.1) is 0 Å². The zero-order chi connectivity index (χ0) is 25.6. The van der Waals surface area contributed by atoms with Crippen LogP contribution < -0.4 is 19.7 Å². The number of anilines is 1. The Hall–Kier alpha value is -3.26. The molecule has 2 heterocycles. The number of hydrogen-bond donors (Lipinski definition) is 1. The summed E-state index contributed by atoms with van der Waals surface area (Å²) in [4.78, 5) is 24.8. The Balaban J connectivity index is 1.21. The van der Waals surface area contributed by atoms with Crippen LogP contribution in [0.3, 0.4) is 0 Å². The fourth-order valence-electron chi connectivity index (χ4n) is 4.83. The molecule has 1 N–H and O–H groups in total. The number of fused-ring (bicyclic) bond motifs is 1. The molecule has 37 heavy (non-hydrogen) atoms. The molecule has 0 radical (unpaired) electrons. The molecule has 1 aliphatic heterocycles. The molecule has 1 aliphatic carbocycles. The second-order valence-corrected chi connectivity index (χ2v) is 10.6. The minimum absolute atomic E-state index is 0.106. The van der Waals surface area contributed by atoms with E-state index < -0.39 is 0 Å². The van der Waals surface area contributed by atoms with Crippen molar-refractivity contribution in [3.8, 4) is 11.5 Å². The Morgan fingerprint density at radius 2 is 1.86 bits per heavy atom. The summed E-state index contributed by atoms with van der Waals surface area (Å²) in [5.41, 5.74) is 3.73. The van der Waals surface area contributed by atoms with Crippen LogP contribution in [0.25, 0.3) is 0 Å². The van der Waals surface area contributed by atoms with Gasteiger partial charge in [0.1, 0.15) is 5.82 Å². The van der Waals surface area contributed by atoms with Crippen molar-refractivity contribution in [2.45, 2.75) is 68.9 Å². The molecule has 0 unspecified atom stereocenters. The Labute approximate surface area is 223 Å². The molecule has 0 bridgehead atoms. The highest BCUT2D eigenvalue weighted by molar-refractivity contribution is 7.98. The zero-order valence-electron chi connectivity index (χ0n) is 21.5. The van der Waals surface area contributed by atoms with E-state index in [1.165, 1.54) is 32.1 Å². The van der Waals surface area contributed by atoms with Gasteiger partial charge in [0, 0.05) is 42.7 Å². The van der Waals surface area contributed by atoms with Crippen molar-refractivity contribution in [1.82, 2.24) is 15.3 Å². The Morgan fingerprint density at radius 1 is 1.03 bits per heavy atom. The van der Waals surface area contributed by atoms with Crippen LogP contribution in [0.1, 0.15) is 66.2 Å². The van der Waals surface area contributed by atoms with Gasteiger partial charge >= 0.3 is 0 Å². The van der Waals surface area contributed by atoms with Crippen LogP contribution in [-0.4, -0.2) is 35.8 Å². The first kappa shape index (κ1) is 25.4. The molecular weight excluding hydrogens is 484 g/mol. The van der Waals surface area contributed by atoms with E-state index in [0.29, 0.717) is 29.7 Å². The smallest absolute Gasteiger partial charge is 0.251 e. The van der Waals surface area contributed by atoms with Crippen molar-refractivity contribution in [3.05, 3.63) is 70.9 Å². The monoisotopic (exact) mass is 518 g/mol.